The SMILES string of the molecule is CC(C)N(Cc1ncc(-c2ccc3c(c2)OCO3)[nH]1)C(=O)c1ccnc(C2CC2)n1. The number of benzene rings is 1. The van der Waals surface area contributed by atoms with Gasteiger partial charge in [-0.05, 0) is 51.0 Å². The molecule has 1 fully saturated rings. The van der Waals surface area contributed by atoms with Crippen LogP contribution in [0.4, 0.5) is 0 Å². The van der Waals surface area contributed by atoms with E-state index in [0.29, 0.717) is 24.0 Å². The van der Waals surface area contributed by atoms with Crippen LogP contribution in [0.25, 0.3) is 11.3 Å². The fourth-order valence-electron chi connectivity index (χ4n) is 3.48. The summed E-state index contributed by atoms with van der Waals surface area (Å²) in [5.41, 5.74) is 2.24. The van der Waals surface area contributed by atoms with Gasteiger partial charge in [-0.15, -0.1) is 0 Å². The fourth-order valence-corrected chi connectivity index (χ4v) is 3.48. The number of aromatic nitrogens is 4. The number of carbonyl (C=O) groups is 1. The zero-order chi connectivity index (χ0) is 20.7. The molecular weight excluding hydrogens is 382 g/mol. The lowest BCUT2D eigenvalue weighted by Crippen LogP contribution is -2.37. The molecule has 2 aromatic heterocycles. The van der Waals surface area contributed by atoms with Crippen LogP contribution in [0, 0.1) is 0 Å². The van der Waals surface area contributed by atoms with Crippen molar-refractivity contribution in [2.75, 3.05) is 6.79 Å². The first-order valence-electron chi connectivity index (χ1n) is 10.2. The number of nitrogens with zero attached hydrogens (tertiary/aromatic N) is 4. The third kappa shape index (κ3) is 3.60. The largest absolute Gasteiger partial charge is 0.454 e. The Labute approximate surface area is 174 Å². The van der Waals surface area contributed by atoms with E-state index < -0.39 is 0 Å². The van der Waals surface area contributed by atoms with Gasteiger partial charge in [0.25, 0.3) is 5.91 Å². The highest BCUT2D eigenvalue weighted by Gasteiger charge is 2.28. The van der Waals surface area contributed by atoms with Gasteiger partial charge in [-0.25, -0.2) is 15.0 Å². The van der Waals surface area contributed by atoms with E-state index >= 15 is 0 Å². The molecule has 2 aliphatic rings. The summed E-state index contributed by atoms with van der Waals surface area (Å²) in [6.45, 7) is 4.58. The molecular formula is C22H23N5O3. The van der Waals surface area contributed by atoms with Gasteiger partial charge in [-0.1, -0.05) is 0 Å². The van der Waals surface area contributed by atoms with E-state index in [1.165, 1.54) is 0 Å². The molecule has 0 radical (unpaired) electrons. The Morgan fingerprint density at radius 1 is 1.20 bits per heavy atom. The number of ether oxygens (including phenoxy) is 2. The van der Waals surface area contributed by atoms with Crippen molar-refractivity contribution >= 4 is 5.91 Å². The molecule has 0 spiro atoms. The number of nitrogens with one attached hydrogen (secondary N) is 1. The number of hydrogen-bond acceptors (Lipinski definition) is 6. The average Bonchev–Trinajstić information content (AvgIpc) is 3.32. The first kappa shape index (κ1) is 18.6. The van der Waals surface area contributed by atoms with Crippen LogP contribution >= 0.6 is 0 Å². The smallest absolute Gasteiger partial charge is 0.273 e. The highest BCUT2D eigenvalue weighted by Crippen LogP contribution is 2.38. The van der Waals surface area contributed by atoms with Crippen molar-refractivity contribution in [1.29, 1.82) is 0 Å². The number of H-pyrrole nitrogens is 1. The number of carbonyl (C=O) groups excluding carboxylic acids is 1. The van der Waals surface area contributed by atoms with Crippen LogP contribution in [0.1, 0.15) is 54.7 Å². The number of aromatic amines is 1. The van der Waals surface area contributed by atoms with Gasteiger partial charge >= 0.3 is 0 Å². The van der Waals surface area contributed by atoms with Crippen LogP contribution in [0.3, 0.4) is 0 Å². The van der Waals surface area contributed by atoms with E-state index in [0.717, 1.165) is 41.4 Å². The number of fused-ring (bicyclic) bond motifs is 1. The standard InChI is InChI=1S/C22H23N5O3/c1-13(2)27(22(28)16-7-8-23-21(26-16)14-3-4-14)11-20-24-10-17(25-20)15-5-6-18-19(9-15)30-12-29-18/h5-10,13-14H,3-4,11-12H2,1-2H3,(H,24,25). The van der Waals surface area contributed by atoms with Gasteiger partial charge in [0.1, 0.15) is 17.3 Å². The Morgan fingerprint density at radius 3 is 2.83 bits per heavy atom. The van der Waals surface area contributed by atoms with Crippen molar-refractivity contribution in [3.05, 3.63) is 54.0 Å². The van der Waals surface area contributed by atoms with Crippen molar-refractivity contribution in [2.24, 2.45) is 0 Å². The maximum Gasteiger partial charge on any atom is 0.273 e. The van der Waals surface area contributed by atoms with E-state index in [1.54, 1.807) is 23.4 Å². The minimum absolute atomic E-state index is 0.00377. The van der Waals surface area contributed by atoms with E-state index in [9.17, 15) is 4.79 Å². The fraction of sp³-hybridized carbons (Fsp3) is 0.364. The van der Waals surface area contributed by atoms with Crippen LogP contribution in [0.5, 0.6) is 11.5 Å². The lowest BCUT2D eigenvalue weighted by Gasteiger charge is -2.25. The Bertz CT molecular complexity index is 1090. The van der Waals surface area contributed by atoms with Crippen molar-refractivity contribution in [3.63, 3.8) is 0 Å². The van der Waals surface area contributed by atoms with Crippen LogP contribution < -0.4 is 9.47 Å². The van der Waals surface area contributed by atoms with Gasteiger partial charge in [-0.3, -0.25) is 4.79 Å². The molecule has 0 saturated heterocycles. The average molecular weight is 405 g/mol. The first-order valence-corrected chi connectivity index (χ1v) is 10.2. The van der Waals surface area contributed by atoms with Crippen LogP contribution in [0.15, 0.2) is 36.7 Å². The second-order valence-electron chi connectivity index (χ2n) is 7.91. The summed E-state index contributed by atoms with van der Waals surface area (Å²) >= 11 is 0. The number of amides is 1. The Hall–Kier alpha value is -3.42. The Kier molecular flexibility index (Phi) is 4.61. The van der Waals surface area contributed by atoms with E-state index in [1.807, 2.05) is 32.0 Å². The lowest BCUT2D eigenvalue weighted by atomic mass is 10.1. The normalized spacial score (nSPS) is 14.9. The molecule has 3 heterocycles. The molecule has 1 N–H and O–H groups in total. The summed E-state index contributed by atoms with van der Waals surface area (Å²) in [4.78, 5) is 31.5. The predicted molar refractivity (Wildman–Crippen MR) is 109 cm³/mol. The maximum atomic E-state index is 13.2. The number of rotatable bonds is 6. The molecule has 0 bridgehead atoms. The predicted octanol–water partition coefficient (Wildman–Crippen LogP) is 3.52. The molecule has 1 saturated carbocycles. The summed E-state index contributed by atoms with van der Waals surface area (Å²) in [5, 5.41) is 0. The molecule has 1 aliphatic heterocycles. The van der Waals surface area contributed by atoms with Crippen LogP contribution in [-0.2, 0) is 6.54 Å². The van der Waals surface area contributed by atoms with Crippen LogP contribution in [-0.4, -0.2) is 43.6 Å². The molecule has 8 heteroatoms. The van der Waals surface area contributed by atoms with Crippen molar-refractivity contribution in [1.82, 2.24) is 24.8 Å². The molecule has 5 rings (SSSR count). The maximum absolute atomic E-state index is 13.2. The van der Waals surface area contributed by atoms with Crippen molar-refractivity contribution in [2.45, 2.75) is 45.2 Å². The van der Waals surface area contributed by atoms with Gasteiger partial charge < -0.3 is 19.4 Å². The lowest BCUT2D eigenvalue weighted by molar-refractivity contribution is 0.0679. The van der Waals surface area contributed by atoms with Gasteiger partial charge in [-0.2, -0.15) is 0 Å². The Balaban J connectivity index is 1.35. The zero-order valence-electron chi connectivity index (χ0n) is 17.0. The minimum Gasteiger partial charge on any atom is -0.454 e. The molecule has 0 unspecified atom stereocenters. The monoisotopic (exact) mass is 405 g/mol. The van der Waals surface area contributed by atoms with Gasteiger partial charge in [0, 0.05) is 23.7 Å². The Morgan fingerprint density at radius 2 is 2.03 bits per heavy atom. The van der Waals surface area contributed by atoms with Gasteiger partial charge in [0.15, 0.2) is 11.5 Å². The summed E-state index contributed by atoms with van der Waals surface area (Å²) < 4.78 is 10.8. The highest BCUT2D eigenvalue weighted by atomic mass is 16.7. The molecule has 30 heavy (non-hydrogen) atoms. The van der Waals surface area contributed by atoms with Gasteiger partial charge in [0.2, 0.25) is 6.79 Å². The number of imidazole rings is 1. The van der Waals surface area contributed by atoms with E-state index in [-0.39, 0.29) is 18.7 Å². The quantitative estimate of drug-likeness (QED) is 0.674. The van der Waals surface area contributed by atoms with E-state index in [4.69, 9.17) is 9.47 Å². The second kappa shape index (κ2) is 7.44. The topological polar surface area (TPSA) is 93.2 Å². The second-order valence-corrected chi connectivity index (χ2v) is 7.91. The minimum atomic E-state index is -0.115. The highest BCUT2D eigenvalue weighted by molar-refractivity contribution is 5.92. The first-order chi connectivity index (χ1) is 14.6. The van der Waals surface area contributed by atoms with Crippen molar-refractivity contribution < 1.29 is 14.3 Å². The van der Waals surface area contributed by atoms with Crippen LogP contribution in [0.2, 0.25) is 0 Å². The summed E-state index contributed by atoms with van der Waals surface area (Å²) in [6.07, 6.45) is 5.64. The number of hydrogen-bond donors (Lipinski definition) is 1. The summed E-state index contributed by atoms with van der Waals surface area (Å²) in [6, 6.07) is 7.44. The molecule has 0 atom stereocenters. The molecule has 1 amide bonds. The third-order valence-corrected chi connectivity index (χ3v) is 5.35. The molecule has 3 aromatic rings. The molecule has 8 nitrogen and oxygen atoms in total. The van der Waals surface area contributed by atoms with E-state index in [2.05, 4.69) is 19.9 Å². The molecule has 1 aromatic carbocycles. The zero-order valence-corrected chi connectivity index (χ0v) is 17.0. The summed E-state index contributed by atoms with van der Waals surface area (Å²) in [5.74, 6) is 3.23. The molecule has 1 aliphatic carbocycles. The van der Waals surface area contributed by atoms with Gasteiger partial charge in [0.05, 0.1) is 18.4 Å². The third-order valence-electron chi connectivity index (χ3n) is 5.35. The molecule has 154 valence electrons. The summed E-state index contributed by atoms with van der Waals surface area (Å²) in [7, 11) is 0. The van der Waals surface area contributed by atoms with Crippen molar-refractivity contribution in [3.8, 4) is 22.8 Å².